The van der Waals surface area contributed by atoms with Crippen molar-refractivity contribution in [2.24, 2.45) is 0 Å². The summed E-state index contributed by atoms with van der Waals surface area (Å²) in [7, 11) is 1.57. The summed E-state index contributed by atoms with van der Waals surface area (Å²) in [5.41, 5.74) is 2.42. The zero-order valence-corrected chi connectivity index (χ0v) is 12.7. The molecule has 2 aromatic heterocycles. The highest BCUT2D eigenvalue weighted by molar-refractivity contribution is 5.96. The molecule has 23 heavy (non-hydrogen) atoms. The van der Waals surface area contributed by atoms with E-state index in [0.717, 1.165) is 0 Å². The van der Waals surface area contributed by atoms with Crippen molar-refractivity contribution in [3.63, 3.8) is 0 Å². The van der Waals surface area contributed by atoms with Gasteiger partial charge in [0.15, 0.2) is 0 Å². The number of aromatic nitrogens is 3. The van der Waals surface area contributed by atoms with Gasteiger partial charge in [-0.2, -0.15) is 5.10 Å². The summed E-state index contributed by atoms with van der Waals surface area (Å²) >= 11 is 0. The number of hydrogen-bond acceptors (Lipinski definition) is 4. The molecule has 0 unspecified atom stereocenters. The third-order valence-electron chi connectivity index (χ3n) is 3.52. The monoisotopic (exact) mass is 309 g/mol. The van der Waals surface area contributed by atoms with Crippen LogP contribution < -0.4 is 4.74 Å². The maximum absolute atomic E-state index is 11.7. The van der Waals surface area contributed by atoms with Crippen LogP contribution in [0.15, 0.2) is 48.8 Å². The van der Waals surface area contributed by atoms with E-state index in [4.69, 9.17) is 4.74 Å². The van der Waals surface area contributed by atoms with Gasteiger partial charge in [-0.25, -0.2) is 9.48 Å². The number of aromatic carboxylic acids is 1. The van der Waals surface area contributed by atoms with E-state index in [1.165, 1.54) is 0 Å². The van der Waals surface area contributed by atoms with Crippen LogP contribution in [-0.2, 0) is 0 Å². The van der Waals surface area contributed by atoms with E-state index in [-0.39, 0.29) is 5.56 Å². The Kier molecular flexibility index (Phi) is 3.80. The first-order valence-corrected chi connectivity index (χ1v) is 7.00. The number of ether oxygens (including phenoxy) is 1. The van der Waals surface area contributed by atoms with E-state index in [1.54, 1.807) is 43.2 Å². The molecule has 0 bridgehead atoms. The molecule has 6 heteroatoms. The number of benzene rings is 1. The van der Waals surface area contributed by atoms with E-state index < -0.39 is 5.97 Å². The van der Waals surface area contributed by atoms with Gasteiger partial charge in [-0.3, -0.25) is 4.98 Å². The molecule has 116 valence electrons. The molecule has 0 spiro atoms. The third kappa shape index (κ3) is 2.55. The summed E-state index contributed by atoms with van der Waals surface area (Å²) in [5.74, 6) is -0.417. The first-order valence-electron chi connectivity index (χ1n) is 7.00. The predicted octanol–water partition coefficient (Wildman–Crippen LogP) is 2.95. The van der Waals surface area contributed by atoms with Gasteiger partial charge >= 0.3 is 5.97 Å². The molecular formula is C17H15N3O3. The van der Waals surface area contributed by atoms with Gasteiger partial charge in [0.05, 0.1) is 18.5 Å². The Labute approximate surface area is 133 Å². The maximum atomic E-state index is 11.7. The lowest BCUT2D eigenvalue weighted by Gasteiger charge is -2.12. The second-order valence-electron chi connectivity index (χ2n) is 4.94. The van der Waals surface area contributed by atoms with Crippen LogP contribution in [-0.4, -0.2) is 33.0 Å². The fraction of sp³-hybridized carbons (Fsp3) is 0.118. The Morgan fingerprint density at radius 1 is 1.22 bits per heavy atom. The zero-order valence-electron chi connectivity index (χ0n) is 12.7. The first kappa shape index (κ1) is 14.8. The molecule has 1 N–H and O–H groups in total. The highest BCUT2D eigenvalue weighted by Gasteiger charge is 2.24. The van der Waals surface area contributed by atoms with Gasteiger partial charge in [-0.1, -0.05) is 12.1 Å². The van der Waals surface area contributed by atoms with Crippen molar-refractivity contribution in [3.05, 3.63) is 60.0 Å². The van der Waals surface area contributed by atoms with E-state index in [0.29, 0.717) is 28.4 Å². The summed E-state index contributed by atoms with van der Waals surface area (Å²) in [6.07, 6.45) is 3.26. The Morgan fingerprint density at radius 2 is 2.00 bits per heavy atom. The van der Waals surface area contributed by atoms with Gasteiger partial charge in [0.1, 0.15) is 17.0 Å². The van der Waals surface area contributed by atoms with Crippen molar-refractivity contribution in [3.8, 4) is 22.7 Å². The Morgan fingerprint density at radius 3 is 2.65 bits per heavy atom. The second-order valence-corrected chi connectivity index (χ2v) is 4.94. The maximum Gasteiger partial charge on any atom is 0.339 e. The largest absolute Gasteiger partial charge is 0.494 e. The number of rotatable bonds is 4. The predicted molar refractivity (Wildman–Crippen MR) is 85.0 cm³/mol. The number of methoxy groups -OCH3 is 1. The molecule has 6 nitrogen and oxygen atoms in total. The van der Waals surface area contributed by atoms with Crippen LogP contribution in [0.5, 0.6) is 5.75 Å². The molecule has 0 saturated heterocycles. The zero-order chi connectivity index (χ0) is 16.4. The number of aryl methyl sites for hydroxylation is 1. The average molecular weight is 309 g/mol. The molecule has 0 aliphatic carbocycles. The molecule has 0 fully saturated rings. The summed E-state index contributed by atoms with van der Waals surface area (Å²) in [4.78, 5) is 15.8. The minimum Gasteiger partial charge on any atom is -0.494 e. The number of carbonyl (C=O) groups is 1. The highest BCUT2D eigenvalue weighted by atomic mass is 16.5. The van der Waals surface area contributed by atoms with Gasteiger partial charge in [0.2, 0.25) is 0 Å². The third-order valence-corrected chi connectivity index (χ3v) is 3.52. The molecule has 0 aliphatic heterocycles. The normalized spacial score (nSPS) is 10.5. The van der Waals surface area contributed by atoms with E-state index in [1.807, 2.05) is 24.3 Å². The van der Waals surface area contributed by atoms with Crippen molar-refractivity contribution in [1.29, 1.82) is 0 Å². The molecule has 3 rings (SSSR count). The minimum atomic E-state index is -1.03. The number of para-hydroxylation sites is 2. The minimum absolute atomic E-state index is 0.156. The topological polar surface area (TPSA) is 77.2 Å². The smallest absolute Gasteiger partial charge is 0.339 e. The van der Waals surface area contributed by atoms with Crippen molar-refractivity contribution >= 4 is 5.97 Å². The van der Waals surface area contributed by atoms with Crippen molar-refractivity contribution in [2.75, 3.05) is 7.11 Å². The number of pyridine rings is 1. The van der Waals surface area contributed by atoms with Crippen molar-refractivity contribution in [1.82, 2.24) is 14.8 Å². The van der Waals surface area contributed by atoms with Crippen molar-refractivity contribution in [2.45, 2.75) is 6.92 Å². The second kappa shape index (κ2) is 5.92. The fourth-order valence-corrected chi connectivity index (χ4v) is 2.53. The Bertz CT molecular complexity index is 857. The number of nitrogens with zero attached hydrogens (tertiary/aromatic N) is 3. The van der Waals surface area contributed by atoms with Gasteiger partial charge in [-0.15, -0.1) is 0 Å². The van der Waals surface area contributed by atoms with Crippen molar-refractivity contribution < 1.29 is 14.6 Å². The standard InChI is InChI=1S/C17H15N3O3/c1-11-15(17(21)22)16(12-6-5-9-18-10-12)20(19-11)13-7-3-4-8-14(13)23-2/h3-10H,1-2H3,(H,21,22). The molecule has 1 aromatic carbocycles. The molecule has 0 radical (unpaired) electrons. The van der Waals surface area contributed by atoms with E-state index >= 15 is 0 Å². The molecule has 3 aromatic rings. The summed E-state index contributed by atoms with van der Waals surface area (Å²) in [6.45, 7) is 1.68. The van der Waals surface area contributed by atoms with Gasteiger partial charge in [0.25, 0.3) is 0 Å². The fourth-order valence-electron chi connectivity index (χ4n) is 2.53. The summed E-state index contributed by atoms with van der Waals surface area (Å²) < 4.78 is 6.97. The number of carboxylic acid groups (broad SMARTS) is 1. The quantitative estimate of drug-likeness (QED) is 0.801. The van der Waals surface area contributed by atoms with Crippen LogP contribution in [0, 0.1) is 6.92 Å². The van der Waals surface area contributed by atoms with Crippen LogP contribution in [0.2, 0.25) is 0 Å². The van der Waals surface area contributed by atoms with Crippen LogP contribution in [0.25, 0.3) is 16.9 Å². The lowest BCUT2D eigenvalue weighted by molar-refractivity contribution is 0.0697. The summed E-state index contributed by atoms with van der Waals surface area (Å²) in [5, 5.41) is 14.0. The molecule has 2 heterocycles. The lowest BCUT2D eigenvalue weighted by atomic mass is 10.1. The highest BCUT2D eigenvalue weighted by Crippen LogP contribution is 2.32. The Balaban J connectivity index is 2.34. The van der Waals surface area contributed by atoms with Crippen LogP contribution >= 0.6 is 0 Å². The molecular weight excluding hydrogens is 294 g/mol. The van der Waals surface area contributed by atoms with Gasteiger partial charge < -0.3 is 9.84 Å². The summed E-state index contributed by atoms with van der Waals surface area (Å²) in [6, 6.07) is 10.9. The average Bonchev–Trinajstić information content (AvgIpc) is 2.93. The number of hydrogen-bond donors (Lipinski definition) is 1. The van der Waals surface area contributed by atoms with Crippen LogP contribution in [0.3, 0.4) is 0 Å². The Hall–Kier alpha value is -3.15. The molecule has 0 aliphatic rings. The van der Waals surface area contributed by atoms with E-state index in [9.17, 15) is 9.90 Å². The lowest BCUT2D eigenvalue weighted by Crippen LogP contribution is -2.04. The SMILES string of the molecule is COc1ccccc1-n1nc(C)c(C(=O)O)c1-c1cccnc1. The van der Waals surface area contributed by atoms with Crippen LogP contribution in [0.1, 0.15) is 16.1 Å². The van der Waals surface area contributed by atoms with Gasteiger partial charge in [-0.05, 0) is 31.2 Å². The number of carboxylic acids is 1. The van der Waals surface area contributed by atoms with Gasteiger partial charge in [0, 0.05) is 18.0 Å². The molecule has 0 saturated carbocycles. The molecule has 0 amide bonds. The first-order chi connectivity index (χ1) is 11.1. The van der Waals surface area contributed by atoms with E-state index in [2.05, 4.69) is 10.1 Å². The van der Waals surface area contributed by atoms with Crippen LogP contribution in [0.4, 0.5) is 0 Å². The molecule has 0 atom stereocenters.